The summed E-state index contributed by atoms with van der Waals surface area (Å²) in [4.78, 5) is 0. The molecule has 0 aromatic carbocycles. The Morgan fingerprint density at radius 2 is 1.13 bits per heavy atom. The Labute approximate surface area is 95.3 Å². The van der Waals surface area contributed by atoms with Crippen molar-refractivity contribution in [1.29, 1.82) is 0 Å². The second kappa shape index (κ2) is 5.99. The summed E-state index contributed by atoms with van der Waals surface area (Å²) >= 11 is 0. The van der Waals surface area contributed by atoms with Crippen LogP contribution in [0.25, 0.3) is 0 Å². The van der Waals surface area contributed by atoms with Crippen LogP contribution in [0.4, 0.5) is 0 Å². The first-order valence-electron chi connectivity index (χ1n) is 6.43. The molecule has 88 valence electrons. The van der Waals surface area contributed by atoms with Crippen molar-refractivity contribution in [3.63, 3.8) is 0 Å². The Morgan fingerprint density at radius 1 is 0.733 bits per heavy atom. The van der Waals surface area contributed by atoms with E-state index in [4.69, 9.17) is 4.43 Å². The van der Waals surface area contributed by atoms with E-state index in [0.29, 0.717) is 0 Å². The van der Waals surface area contributed by atoms with Gasteiger partial charge < -0.3 is 4.43 Å². The van der Waals surface area contributed by atoms with E-state index >= 15 is 0 Å². The lowest BCUT2D eigenvalue weighted by molar-refractivity contribution is 0.199. The topological polar surface area (TPSA) is 15.7 Å². The van der Waals surface area contributed by atoms with E-state index < -0.39 is 9.36 Å². The molecule has 2 aliphatic rings. The molecule has 2 saturated heterocycles. The van der Waals surface area contributed by atoms with Crippen molar-refractivity contribution in [2.45, 2.75) is 38.5 Å². The van der Waals surface area contributed by atoms with Crippen molar-refractivity contribution in [1.82, 2.24) is 9.13 Å². The Balaban J connectivity index is 1.88. The minimum Gasteiger partial charge on any atom is -0.397 e. The third kappa shape index (κ3) is 3.03. The van der Waals surface area contributed by atoms with Gasteiger partial charge in [0.1, 0.15) is 0 Å². The molecule has 0 radical (unpaired) electrons. The second-order valence-corrected chi connectivity index (χ2v) is 7.34. The monoisotopic (exact) mass is 228 g/mol. The maximum absolute atomic E-state index is 5.82. The summed E-state index contributed by atoms with van der Waals surface area (Å²) in [5.41, 5.74) is 0. The van der Waals surface area contributed by atoms with Gasteiger partial charge in [0, 0.05) is 7.11 Å². The highest BCUT2D eigenvalue weighted by molar-refractivity contribution is 6.45. The molecule has 0 atom stereocenters. The van der Waals surface area contributed by atoms with Gasteiger partial charge in [-0.05, 0) is 51.9 Å². The van der Waals surface area contributed by atoms with Gasteiger partial charge in [0.25, 0.3) is 0 Å². The van der Waals surface area contributed by atoms with Crippen LogP contribution in [0.2, 0.25) is 0 Å². The van der Waals surface area contributed by atoms with E-state index in [-0.39, 0.29) is 0 Å². The average Bonchev–Trinajstić information content (AvgIpc) is 2.33. The molecule has 0 unspecified atom stereocenters. The predicted octanol–water partition coefficient (Wildman–Crippen LogP) is 1.32. The van der Waals surface area contributed by atoms with Crippen molar-refractivity contribution < 1.29 is 4.43 Å². The van der Waals surface area contributed by atoms with E-state index in [1.807, 2.05) is 7.11 Å². The number of piperidine rings is 2. The predicted molar refractivity (Wildman–Crippen MR) is 65.0 cm³/mol. The summed E-state index contributed by atoms with van der Waals surface area (Å²) in [7, 11) is 0.708. The van der Waals surface area contributed by atoms with Crippen LogP contribution in [0.3, 0.4) is 0 Å². The van der Waals surface area contributed by atoms with Crippen molar-refractivity contribution in [3.05, 3.63) is 0 Å². The Morgan fingerprint density at radius 3 is 1.47 bits per heavy atom. The quantitative estimate of drug-likeness (QED) is 0.678. The highest BCUT2D eigenvalue weighted by Gasteiger charge is 2.29. The molecule has 2 heterocycles. The minimum absolute atomic E-state index is 1.21. The number of nitrogens with zero attached hydrogens (tertiary/aromatic N) is 2. The lowest BCUT2D eigenvalue weighted by Gasteiger charge is -2.40. The minimum atomic E-state index is -1.21. The molecular weight excluding hydrogens is 204 g/mol. The van der Waals surface area contributed by atoms with Crippen LogP contribution in [0.5, 0.6) is 0 Å². The fraction of sp³-hybridized carbons (Fsp3) is 1.00. The van der Waals surface area contributed by atoms with E-state index in [0.717, 1.165) is 0 Å². The van der Waals surface area contributed by atoms with Crippen molar-refractivity contribution in [2.24, 2.45) is 0 Å². The molecule has 0 aliphatic carbocycles. The fourth-order valence-corrected chi connectivity index (χ4v) is 5.48. The highest BCUT2D eigenvalue weighted by atomic mass is 28.3. The zero-order valence-corrected chi connectivity index (χ0v) is 11.1. The smallest absolute Gasteiger partial charge is 0.340 e. The van der Waals surface area contributed by atoms with E-state index in [1.165, 1.54) is 64.7 Å². The van der Waals surface area contributed by atoms with Gasteiger partial charge in [-0.15, -0.1) is 0 Å². The maximum Gasteiger partial charge on any atom is 0.340 e. The van der Waals surface area contributed by atoms with Crippen molar-refractivity contribution >= 4 is 9.36 Å². The first-order valence-corrected chi connectivity index (χ1v) is 7.93. The highest BCUT2D eigenvalue weighted by Crippen LogP contribution is 2.16. The van der Waals surface area contributed by atoms with Gasteiger partial charge in [-0.2, -0.15) is 0 Å². The molecule has 2 aliphatic heterocycles. The third-order valence-electron chi connectivity index (χ3n) is 3.62. The maximum atomic E-state index is 5.82. The summed E-state index contributed by atoms with van der Waals surface area (Å²) in [6.07, 6.45) is 8.34. The lowest BCUT2D eigenvalue weighted by Crippen LogP contribution is -2.57. The molecule has 0 aromatic rings. The molecule has 15 heavy (non-hydrogen) atoms. The second-order valence-electron chi connectivity index (χ2n) is 4.76. The SMILES string of the molecule is CO[SiH](N1CCCCC1)N1CCCCC1. The van der Waals surface area contributed by atoms with Crippen LogP contribution in [-0.4, -0.2) is 51.8 Å². The largest absolute Gasteiger partial charge is 0.397 e. The van der Waals surface area contributed by atoms with Gasteiger partial charge in [-0.1, -0.05) is 12.8 Å². The van der Waals surface area contributed by atoms with Crippen molar-refractivity contribution in [2.75, 3.05) is 33.3 Å². The summed E-state index contributed by atoms with van der Waals surface area (Å²) < 4.78 is 11.1. The van der Waals surface area contributed by atoms with Gasteiger partial charge in [-0.3, -0.25) is 9.13 Å². The number of hydrogen-bond acceptors (Lipinski definition) is 3. The number of hydrogen-bond donors (Lipinski definition) is 0. The van der Waals surface area contributed by atoms with Gasteiger partial charge in [0.15, 0.2) is 0 Å². The summed E-state index contributed by atoms with van der Waals surface area (Å²) in [6, 6.07) is 0. The lowest BCUT2D eigenvalue weighted by atomic mass is 10.2. The van der Waals surface area contributed by atoms with Crippen LogP contribution < -0.4 is 0 Å². The molecule has 0 spiro atoms. The molecule has 0 saturated carbocycles. The van der Waals surface area contributed by atoms with E-state index in [9.17, 15) is 0 Å². The van der Waals surface area contributed by atoms with Gasteiger partial charge >= 0.3 is 9.36 Å². The molecule has 0 amide bonds. The van der Waals surface area contributed by atoms with E-state index in [1.54, 1.807) is 0 Å². The standard InChI is InChI=1S/C11H24N2OSi/c1-14-15(12-8-4-2-5-9-12)13-10-6-3-7-11-13/h15H,2-11H2,1H3. The molecule has 0 N–H and O–H groups in total. The van der Waals surface area contributed by atoms with Gasteiger partial charge in [0.2, 0.25) is 0 Å². The molecule has 2 rings (SSSR count). The Bertz CT molecular complexity index is 161. The molecule has 0 aromatic heterocycles. The van der Waals surface area contributed by atoms with Crippen LogP contribution in [0, 0.1) is 0 Å². The van der Waals surface area contributed by atoms with Crippen LogP contribution in [0.1, 0.15) is 38.5 Å². The molecular formula is C11H24N2OSi. The van der Waals surface area contributed by atoms with Crippen LogP contribution in [-0.2, 0) is 4.43 Å². The first-order chi connectivity index (χ1) is 7.42. The molecule has 3 nitrogen and oxygen atoms in total. The van der Waals surface area contributed by atoms with E-state index in [2.05, 4.69) is 9.13 Å². The van der Waals surface area contributed by atoms with Gasteiger partial charge in [0.05, 0.1) is 0 Å². The van der Waals surface area contributed by atoms with Crippen molar-refractivity contribution in [3.8, 4) is 0 Å². The summed E-state index contributed by atoms with van der Waals surface area (Å²) in [5.74, 6) is 0. The summed E-state index contributed by atoms with van der Waals surface area (Å²) in [5, 5.41) is 0. The van der Waals surface area contributed by atoms with Gasteiger partial charge in [-0.25, -0.2) is 0 Å². The normalized spacial score (nSPS) is 26.0. The Hall–Kier alpha value is 0.0969. The average molecular weight is 228 g/mol. The van der Waals surface area contributed by atoms with Crippen LogP contribution in [0.15, 0.2) is 0 Å². The first kappa shape index (κ1) is 11.6. The summed E-state index contributed by atoms with van der Waals surface area (Å²) in [6.45, 7) is 5.12. The zero-order chi connectivity index (χ0) is 10.5. The van der Waals surface area contributed by atoms with Crippen LogP contribution >= 0.6 is 0 Å². The molecule has 4 heteroatoms. The molecule has 2 fully saturated rings. The molecule has 0 bridgehead atoms. The zero-order valence-electron chi connectivity index (χ0n) is 9.95. The third-order valence-corrected chi connectivity index (χ3v) is 6.32. The Kier molecular flexibility index (Phi) is 4.62. The number of rotatable bonds is 3. The fourth-order valence-electron chi connectivity index (χ4n) is 2.81.